The van der Waals surface area contributed by atoms with E-state index in [1.54, 1.807) is 0 Å². The van der Waals surface area contributed by atoms with Crippen LogP contribution in [0.2, 0.25) is 0 Å². The Morgan fingerprint density at radius 3 is 2.81 bits per heavy atom. The molecule has 0 bridgehead atoms. The summed E-state index contributed by atoms with van der Waals surface area (Å²) in [5.74, 6) is 0.805. The van der Waals surface area contributed by atoms with Crippen LogP contribution in [0.25, 0.3) is 0 Å². The van der Waals surface area contributed by atoms with Crippen molar-refractivity contribution in [3.63, 3.8) is 0 Å². The second-order valence-corrected chi connectivity index (χ2v) is 9.24. The highest BCUT2D eigenvalue weighted by Gasteiger charge is 2.19. The molecule has 2 aromatic rings. The third kappa shape index (κ3) is 3.36. The highest BCUT2D eigenvalue weighted by molar-refractivity contribution is 9.12. The fraction of sp³-hybridized carbons (Fsp3) is 0.214. The van der Waals surface area contributed by atoms with E-state index in [2.05, 4.69) is 59.2 Å². The van der Waals surface area contributed by atoms with Gasteiger partial charge in [0.25, 0.3) is 5.91 Å². The summed E-state index contributed by atoms with van der Waals surface area (Å²) in [5, 5.41) is 2.94. The van der Waals surface area contributed by atoms with E-state index in [0.29, 0.717) is 18.7 Å². The summed E-state index contributed by atoms with van der Waals surface area (Å²) in [6.07, 6.45) is 0.915. The average Bonchev–Trinajstić information content (AvgIpc) is 3.01. The first-order chi connectivity index (χ1) is 10.0. The Morgan fingerprint density at radius 1 is 1.29 bits per heavy atom. The quantitative estimate of drug-likeness (QED) is 0.657. The zero-order valence-corrected chi connectivity index (χ0v) is 16.3. The van der Waals surface area contributed by atoms with Crippen LogP contribution in [0.3, 0.4) is 0 Å². The first kappa shape index (κ1) is 15.5. The van der Waals surface area contributed by atoms with Gasteiger partial charge < -0.3 is 10.1 Å². The van der Waals surface area contributed by atoms with Crippen molar-refractivity contribution in [2.75, 3.05) is 6.61 Å². The van der Waals surface area contributed by atoms with Crippen LogP contribution >= 0.6 is 59.1 Å². The van der Waals surface area contributed by atoms with Gasteiger partial charge in [0, 0.05) is 23.0 Å². The minimum atomic E-state index is -0.101. The Bertz CT molecular complexity index is 714. The van der Waals surface area contributed by atoms with E-state index in [1.165, 1.54) is 16.9 Å². The van der Waals surface area contributed by atoms with Gasteiger partial charge >= 0.3 is 0 Å². The molecular weight excluding hydrogens is 486 g/mol. The highest BCUT2D eigenvalue weighted by atomic mass is 79.9. The van der Waals surface area contributed by atoms with Crippen molar-refractivity contribution in [3.8, 4) is 5.75 Å². The van der Waals surface area contributed by atoms with Crippen molar-refractivity contribution in [2.45, 2.75) is 13.0 Å². The lowest BCUT2D eigenvalue weighted by Gasteiger charge is -2.10. The van der Waals surface area contributed by atoms with Gasteiger partial charge in [-0.2, -0.15) is 0 Å². The summed E-state index contributed by atoms with van der Waals surface area (Å²) in [7, 11) is 0. The average molecular weight is 496 g/mol. The molecule has 0 saturated carbocycles. The molecule has 0 atom stereocenters. The monoisotopic (exact) mass is 493 g/mol. The Labute approximate surface area is 151 Å². The Kier molecular flexibility index (Phi) is 4.73. The summed E-state index contributed by atoms with van der Waals surface area (Å²) in [6, 6.07) is 5.87. The molecule has 3 rings (SSSR count). The molecule has 1 aliphatic heterocycles. The van der Waals surface area contributed by atoms with Crippen molar-refractivity contribution in [1.82, 2.24) is 5.32 Å². The molecule has 2 heterocycles. The molecule has 110 valence electrons. The van der Waals surface area contributed by atoms with Crippen LogP contribution in [0.1, 0.15) is 21.5 Å². The molecule has 1 aliphatic rings. The van der Waals surface area contributed by atoms with Gasteiger partial charge in [-0.15, -0.1) is 11.3 Å². The second kappa shape index (κ2) is 6.40. The smallest absolute Gasteiger partial charge is 0.253 e. The number of hydrogen-bond donors (Lipinski definition) is 1. The van der Waals surface area contributed by atoms with Gasteiger partial charge in [-0.1, -0.05) is 15.9 Å². The van der Waals surface area contributed by atoms with Gasteiger partial charge in [0.1, 0.15) is 5.75 Å². The number of hydrogen-bond acceptors (Lipinski definition) is 3. The maximum Gasteiger partial charge on any atom is 0.253 e. The number of carbonyl (C=O) groups excluding carboxylic acids is 1. The lowest BCUT2D eigenvalue weighted by atomic mass is 10.1. The molecule has 1 amide bonds. The number of benzene rings is 1. The van der Waals surface area contributed by atoms with Crippen molar-refractivity contribution in [2.24, 2.45) is 0 Å². The maximum absolute atomic E-state index is 12.2. The van der Waals surface area contributed by atoms with E-state index >= 15 is 0 Å². The molecule has 0 aliphatic carbocycles. The Morgan fingerprint density at radius 2 is 2.10 bits per heavy atom. The summed E-state index contributed by atoms with van der Waals surface area (Å²) in [4.78, 5) is 12.2. The van der Waals surface area contributed by atoms with E-state index in [9.17, 15) is 4.79 Å². The summed E-state index contributed by atoms with van der Waals surface area (Å²) in [5.41, 5.74) is 2.82. The van der Waals surface area contributed by atoms with Gasteiger partial charge in [-0.25, -0.2) is 0 Å². The molecule has 1 aromatic carbocycles. The zero-order chi connectivity index (χ0) is 15.0. The first-order valence-electron chi connectivity index (χ1n) is 6.21. The van der Waals surface area contributed by atoms with E-state index in [-0.39, 0.29) is 5.91 Å². The normalized spacial score (nSPS) is 12.9. The fourth-order valence-corrected chi connectivity index (χ4v) is 5.59. The molecular formula is C14H10Br3NO2S. The van der Waals surface area contributed by atoms with Gasteiger partial charge in [-0.3, -0.25) is 4.79 Å². The van der Waals surface area contributed by atoms with Crippen LogP contribution in [0.5, 0.6) is 5.75 Å². The van der Waals surface area contributed by atoms with Gasteiger partial charge in [0.05, 0.1) is 19.7 Å². The Hall–Kier alpha value is -0.370. The lowest BCUT2D eigenvalue weighted by molar-refractivity contribution is 0.0950. The predicted octanol–water partition coefficient (Wildman–Crippen LogP) is 4.90. The van der Waals surface area contributed by atoms with Crippen LogP contribution in [0.4, 0.5) is 0 Å². The van der Waals surface area contributed by atoms with Crippen LogP contribution in [0.15, 0.2) is 30.2 Å². The summed E-state index contributed by atoms with van der Waals surface area (Å²) >= 11 is 11.8. The molecule has 0 saturated heterocycles. The molecule has 21 heavy (non-hydrogen) atoms. The van der Waals surface area contributed by atoms with Crippen molar-refractivity contribution < 1.29 is 9.53 Å². The van der Waals surface area contributed by atoms with E-state index in [0.717, 1.165) is 29.8 Å². The number of nitrogens with one attached hydrogen (secondary N) is 1. The number of halogens is 3. The largest absolute Gasteiger partial charge is 0.493 e. The first-order valence-corrected chi connectivity index (χ1v) is 9.41. The molecule has 3 nitrogen and oxygen atoms in total. The number of rotatable bonds is 3. The minimum absolute atomic E-state index is 0.101. The van der Waals surface area contributed by atoms with E-state index in [4.69, 9.17) is 4.74 Å². The van der Waals surface area contributed by atoms with E-state index < -0.39 is 0 Å². The van der Waals surface area contributed by atoms with Gasteiger partial charge in [0.2, 0.25) is 0 Å². The van der Waals surface area contributed by atoms with Crippen LogP contribution in [-0.2, 0) is 13.0 Å². The SMILES string of the molecule is O=C(NCc1cc(Br)cc2c1OCC2)c1cc(Br)sc1Br. The van der Waals surface area contributed by atoms with Crippen molar-refractivity contribution in [1.29, 1.82) is 0 Å². The molecule has 0 radical (unpaired) electrons. The number of carbonyl (C=O) groups is 1. The third-order valence-electron chi connectivity index (χ3n) is 3.17. The highest BCUT2D eigenvalue weighted by Crippen LogP contribution is 2.34. The number of thiophene rings is 1. The predicted molar refractivity (Wildman–Crippen MR) is 94.2 cm³/mol. The molecule has 7 heteroatoms. The number of amides is 1. The molecule has 0 spiro atoms. The second-order valence-electron chi connectivity index (χ2n) is 4.57. The lowest BCUT2D eigenvalue weighted by Crippen LogP contribution is -2.22. The number of fused-ring (bicyclic) bond motifs is 1. The molecule has 0 fully saturated rings. The van der Waals surface area contributed by atoms with Gasteiger partial charge in [0.15, 0.2) is 0 Å². The maximum atomic E-state index is 12.2. The van der Waals surface area contributed by atoms with Crippen LogP contribution in [-0.4, -0.2) is 12.5 Å². The van der Waals surface area contributed by atoms with Crippen LogP contribution < -0.4 is 10.1 Å². The zero-order valence-electron chi connectivity index (χ0n) is 10.7. The fourth-order valence-electron chi connectivity index (χ4n) is 2.24. The molecule has 0 unspecified atom stereocenters. The molecule has 1 aromatic heterocycles. The summed E-state index contributed by atoms with van der Waals surface area (Å²) in [6.45, 7) is 1.15. The van der Waals surface area contributed by atoms with Crippen molar-refractivity contribution in [3.05, 3.63) is 46.9 Å². The third-order valence-corrected chi connectivity index (χ3v) is 5.96. The minimum Gasteiger partial charge on any atom is -0.493 e. The van der Waals surface area contributed by atoms with E-state index in [1.807, 2.05) is 12.1 Å². The number of ether oxygens (including phenoxy) is 1. The topological polar surface area (TPSA) is 38.3 Å². The standard InChI is InChI=1S/C14H10Br3NO2S/c15-9-3-7-1-2-20-12(7)8(4-9)6-18-14(19)10-5-11(16)21-13(10)17/h3-5H,1-2,6H2,(H,18,19). The Balaban J connectivity index is 1.77. The summed E-state index contributed by atoms with van der Waals surface area (Å²) < 4.78 is 8.42. The van der Waals surface area contributed by atoms with Gasteiger partial charge in [-0.05, 0) is 55.6 Å². The molecule has 1 N–H and O–H groups in total. The van der Waals surface area contributed by atoms with Crippen molar-refractivity contribution >= 4 is 65.0 Å². The van der Waals surface area contributed by atoms with Crippen LogP contribution in [0, 0.1) is 0 Å².